The van der Waals surface area contributed by atoms with Crippen LogP contribution in [-0.4, -0.2) is 57.6 Å². The molecule has 2 saturated heterocycles. The third-order valence-electron chi connectivity index (χ3n) is 5.39. The highest BCUT2D eigenvalue weighted by Crippen LogP contribution is 2.32. The maximum absolute atomic E-state index is 13.2. The molecule has 2 aliphatic rings. The van der Waals surface area contributed by atoms with Crippen molar-refractivity contribution in [1.29, 1.82) is 0 Å². The summed E-state index contributed by atoms with van der Waals surface area (Å²) in [6.45, 7) is 7.73. The predicted molar refractivity (Wildman–Crippen MR) is 99.1 cm³/mol. The van der Waals surface area contributed by atoms with E-state index in [2.05, 4.69) is 18.7 Å². The van der Waals surface area contributed by atoms with Gasteiger partial charge in [0.05, 0.1) is 21.7 Å². The highest BCUT2D eigenvalue weighted by molar-refractivity contribution is 7.96. The van der Waals surface area contributed by atoms with Gasteiger partial charge in [-0.15, -0.1) is 0 Å². The zero-order valence-corrected chi connectivity index (χ0v) is 16.7. The molecule has 0 aliphatic carbocycles. The molecule has 0 radical (unpaired) electrons. The van der Waals surface area contributed by atoms with Gasteiger partial charge in [-0.2, -0.15) is 0 Å². The molecule has 0 spiro atoms. The normalized spacial score (nSPS) is 33.4. The number of nitrogens with zero attached hydrogens (tertiary/aromatic N) is 1. The number of aryl methyl sites for hydroxylation is 1. The Balaban J connectivity index is 1.96. The Kier molecular flexibility index (Phi) is 5.03. The minimum absolute atomic E-state index is 0.0534. The number of sulfone groups is 2. The van der Waals surface area contributed by atoms with Crippen LogP contribution in [0.3, 0.4) is 0 Å². The van der Waals surface area contributed by atoms with Crippen LogP contribution in [0.2, 0.25) is 0 Å². The predicted octanol–water partition coefficient (Wildman–Crippen LogP) is 1.91. The van der Waals surface area contributed by atoms with Gasteiger partial charge < -0.3 is 0 Å². The van der Waals surface area contributed by atoms with E-state index in [1.807, 2.05) is 6.92 Å². The van der Waals surface area contributed by atoms with Crippen molar-refractivity contribution < 1.29 is 16.8 Å². The molecule has 3 rings (SSSR count). The Hall–Kier alpha value is -0.920. The molecular formula is C18H27NO4S2. The zero-order chi connectivity index (χ0) is 18.4. The zero-order valence-electron chi connectivity index (χ0n) is 15.1. The second-order valence-electron chi connectivity index (χ2n) is 7.94. The molecular weight excluding hydrogens is 358 g/mol. The molecule has 25 heavy (non-hydrogen) atoms. The number of likely N-dealkylation sites (tertiary alicyclic amines) is 1. The lowest BCUT2D eigenvalue weighted by Gasteiger charge is -2.40. The fourth-order valence-corrected chi connectivity index (χ4v) is 9.15. The summed E-state index contributed by atoms with van der Waals surface area (Å²) >= 11 is 0. The monoisotopic (exact) mass is 385 g/mol. The van der Waals surface area contributed by atoms with Gasteiger partial charge >= 0.3 is 0 Å². The van der Waals surface area contributed by atoms with Crippen molar-refractivity contribution in [2.75, 3.05) is 24.6 Å². The van der Waals surface area contributed by atoms with Crippen LogP contribution in [0.5, 0.6) is 0 Å². The molecule has 0 aromatic heterocycles. The Morgan fingerprint density at radius 2 is 1.56 bits per heavy atom. The molecule has 2 heterocycles. The molecule has 2 aliphatic heterocycles. The number of benzene rings is 1. The van der Waals surface area contributed by atoms with E-state index in [0.717, 1.165) is 25.1 Å². The first-order chi connectivity index (χ1) is 11.6. The van der Waals surface area contributed by atoms with Gasteiger partial charge in [-0.3, -0.25) is 4.90 Å². The fourth-order valence-electron chi connectivity index (χ4n) is 4.32. The summed E-state index contributed by atoms with van der Waals surface area (Å²) in [5, 5.41) is -0.877. The first-order valence-electron chi connectivity index (χ1n) is 8.83. The lowest BCUT2D eigenvalue weighted by atomic mass is 9.91. The number of rotatable bonds is 3. The summed E-state index contributed by atoms with van der Waals surface area (Å²) < 4.78 is 50.9. The van der Waals surface area contributed by atoms with Gasteiger partial charge in [-0.1, -0.05) is 31.5 Å². The second kappa shape index (κ2) is 6.67. The number of hydrogen-bond acceptors (Lipinski definition) is 5. The van der Waals surface area contributed by atoms with Gasteiger partial charge in [0.25, 0.3) is 0 Å². The highest BCUT2D eigenvalue weighted by atomic mass is 32.2. The third-order valence-corrected chi connectivity index (χ3v) is 9.52. The van der Waals surface area contributed by atoms with Crippen LogP contribution in [0.1, 0.15) is 25.8 Å². The second-order valence-corrected chi connectivity index (χ2v) is 12.3. The Labute approximate surface area is 151 Å². The van der Waals surface area contributed by atoms with E-state index < -0.39 is 31.0 Å². The number of piperidine rings is 1. The van der Waals surface area contributed by atoms with Crippen LogP contribution in [-0.2, 0) is 19.7 Å². The minimum Gasteiger partial charge on any atom is -0.297 e. The van der Waals surface area contributed by atoms with Gasteiger partial charge in [0, 0.05) is 19.1 Å². The van der Waals surface area contributed by atoms with Gasteiger partial charge in [-0.05, 0) is 37.3 Å². The molecule has 0 N–H and O–H groups in total. The summed E-state index contributed by atoms with van der Waals surface area (Å²) in [6, 6.07) is 6.26. The van der Waals surface area contributed by atoms with Crippen LogP contribution < -0.4 is 0 Å². The first kappa shape index (κ1) is 18.9. The van der Waals surface area contributed by atoms with Crippen molar-refractivity contribution in [3.63, 3.8) is 0 Å². The summed E-state index contributed by atoms with van der Waals surface area (Å²) in [6.07, 6.45) is 1.10. The maximum atomic E-state index is 13.2. The SMILES string of the molecule is Cc1ccc(S(=O)(=O)[C@H]2CS(=O)(=O)C[C@@H]2N2C[C@H](C)C[C@H](C)C2)cc1. The van der Waals surface area contributed by atoms with Crippen LogP contribution >= 0.6 is 0 Å². The summed E-state index contributed by atoms with van der Waals surface area (Å²) in [5.41, 5.74) is 0.980. The molecule has 140 valence electrons. The molecule has 4 atom stereocenters. The van der Waals surface area contributed by atoms with E-state index in [1.54, 1.807) is 24.3 Å². The van der Waals surface area contributed by atoms with Crippen molar-refractivity contribution in [2.24, 2.45) is 11.8 Å². The van der Waals surface area contributed by atoms with Crippen molar-refractivity contribution in [2.45, 2.75) is 43.4 Å². The lowest BCUT2D eigenvalue weighted by Crippen LogP contribution is -2.51. The van der Waals surface area contributed by atoms with Gasteiger partial charge in [-0.25, -0.2) is 16.8 Å². The standard InChI is InChI=1S/C18H27NO4S2/c1-13-4-6-16(7-5-13)25(22,23)18-12-24(20,21)11-17(18)19-9-14(2)8-15(3)10-19/h4-7,14-15,17-18H,8-12H2,1-3H3/t14-,15+,17-,18-/m0/s1. The van der Waals surface area contributed by atoms with E-state index in [0.29, 0.717) is 11.8 Å². The summed E-state index contributed by atoms with van der Waals surface area (Å²) in [5.74, 6) is 0.583. The summed E-state index contributed by atoms with van der Waals surface area (Å²) in [4.78, 5) is 2.34. The van der Waals surface area contributed by atoms with E-state index >= 15 is 0 Å². The highest BCUT2D eigenvalue weighted by Gasteiger charge is 2.49. The van der Waals surface area contributed by atoms with Crippen LogP contribution in [0.25, 0.3) is 0 Å². The smallest absolute Gasteiger partial charge is 0.183 e. The van der Waals surface area contributed by atoms with Gasteiger partial charge in [0.15, 0.2) is 19.7 Å². The maximum Gasteiger partial charge on any atom is 0.183 e. The summed E-state index contributed by atoms with van der Waals surface area (Å²) in [7, 11) is -7.03. The Bertz CT molecular complexity index is 820. The Morgan fingerprint density at radius 3 is 2.12 bits per heavy atom. The van der Waals surface area contributed by atoms with Crippen molar-refractivity contribution in [1.82, 2.24) is 4.90 Å². The minimum atomic E-state index is -3.68. The largest absolute Gasteiger partial charge is 0.297 e. The molecule has 7 heteroatoms. The van der Waals surface area contributed by atoms with Crippen molar-refractivity contribution >= 4 is 19.7 Å². The molecule has 0 saturated carbocycles. The van der Waals surface area contributed by atoms with Crippen LogP contribution in [0.4, 0.5) is 0 Å². The van der Waals surface area contributed by atoms with Crippen LogP contribution in [0.15, 0.2) is 29.2 Å². The molecule has 2 fully saturated rings. The van der Waals surface area contributed by atoms with E-state index in [4.69, 9.17) is 0 Å². The number of hydrogen-bond donors (Lipinski definition) is 0. The van der Waals surface area contributed by atoms with Gasteiger partial charge in [0.2, 0.25) is 0 Å². The van der Waals surface area contributed by atoms with Gasteiger partial charge in [0.1, 0.15) is 0 Å². The van der Waals surface area contributed by atoms with Crippen LogP contribution in [0, 0.1) is 18.8 Å². The average Bonchev–Trinajstić information content (AvgIpc) is 2.83. The first-order valence-corrected chi connectivity index (χ1v) is 12.2. The molecule has 5 nitrogen and oxygen atoms in total. The van der Waals surface area contributed by atoms with Crippen molar-refractivity contribution in [3.8, 4) is 0 Å². The van der Waals surface area contributed by atoms with E-state index in [1.165, 1.54) is 0 Å². The Morgan fingerprint density at radius 1 is 1.00 bits per heavy atom. The molecule has 0 bridgehead atoms. The molecule has 1 aromatic rings. The third kappa shape index (κ3) is 3.93. The quantitative estimate of drug-likeness (QED) is 0.795. The van der Waals surface area contributed by atoms with E-state index in [-0.39, 0.29) is 16.4 Å². The lowest BCUT2D eigenvalue weighted by molar-refractivity contribution is 0.107. The molecule has 1 aromatic carbocycles. The van der Waals surface area contributed by atoms with E-state index in [9.17, 15) is 16.8 Å². The molecule has 0 amide bonds. The fraction of sp³-hybridized carbons (Fsp3) is 0.667. The average molecular weight is 386 g/mol. The topological polar surface area (TPSA) is 71.5 Å². The molecule has 0 unspecified atom stereocenters. The van der Waals surface area contributed by atoms with Crippen molar-refractivity contribution in [3.05, 3.63) is 29.8 Å².